The molecule has 1 amide bonds. The maximum absolute atomic E-state index is 12.0. The molecule has 7 heteroatoms. The average molecular weight is 349 g/mol. The van der Waals surface area contributed by atoms with Crippen LogP contribution in [-0.4, -0.2) is 49.4 Å². The third kappa shape index (κ3) is 4.66. The molecule has 1 aromatic heterocycles. The standard InChI is InChI=1S/C17H23N3O3S/c1-12(23-11-13-5-4-10-22-13)16(21)18-8-9-19-17-20-14-6-2-3-7-15(14)24-17/h2-3,6-7,12-13H,4-5,8-11H2,1H3,(H,18,21)(H,19,20). The Morgan fingerprint density at radius 1 is 1.46 bits per heavy atom. The van der Waals surface area contributed by atoms with Crippen molar-refractivity contribution in [3.63, 3.8) is 0 Å². The summed E-state index contributed by atoms with van der Waals surface area (Å²) in [4.78, 5) is 16.5. The lowest BCUT2D eigenvalue weighted by Gasteiger charge is -2.16. The molecule has 1 aliphatic heterocycles. The topological polar surface area (TPSA) is 72.5 Å². The molecule has 1 fully saturated rings. The fourth-order valence-electron chi connectivity index (χ4n) is 2.55. The summed E-state index contributed by atoms with van der Waals surface area (Å²) in [6, 6.07) is 8.02. The maximum atomic E-state index is 12.0. The van der Waals surface area contributed by atoms with E-state index in [2.05, 4.69) is 15.6 Å². The molecule has 130 valence electrons. The van der Waals surface area contributed by atoms with Crippen LogP contribution in [0, 0.1) is 0 Å². The van der Waals surface area contributed by atoms with Gasteiger partial charge in [0, 0.05) is 19.7 Å². The van der Waals surface area contributed by atoms with Gasteiger partial charge in [0.15, 0.2) is 5.13 Å². The van der Waals surface area contributed by atoms with Crippen LogP contribution >= 0.6 is 11.3 Å². The van der Waals surface area contributed by atoms with E-state index in [0.717, 1.165) is 34.8 Å². The minimum atomic E-state index is -0.461. The molecule has 1 aromatic carbocycles. The molecule has 24 heavy (non-hydrogen) atoms. The van der Waals surface area contributed by atoms with E-state index >= 15 is 0 Å². The number of anilines is 1. The number of thiazole rings is 1. The van der Waals surface area contributed by atoms with Crippen LogP contribution in [0.1, 0.15) is 19.8 Å². The predicted octanol–water partition coefficient (Wildman–Crippen LogP) is 2.41. The van der Waals surface area contributed by atoms with Gasteiger partial charge in [0.1, 0.15) is 6.10 Å². The Labute approximate surface area is 145 Å². The average Bonchev–Trinajstić information content (AvgIpc) is 3.25. The Morgan fingerprint density at radius 3 is 3.12 bits per heavy atom. The normalized spacial score (nSPS) is 18.6. The molecule has 2 N–H and O–H groups in total. The van der Waals surface area contributed by atoms with Gasteiger partial charge in [0.2, 0.25) is 5.91 Å². The van der Waals surface area contributed by atoms with Crippen LogP contribution in [-0.2, 0) is 14.3 Å². The second-order valence-corrected chi connectivity index (χ2v) is 6.85. The Balaban J connectivity index is 1.33. The van der Waals surface area contributed by atoms with Crippen LogP contribution < -0.4 is 10.6 Å². The number of nitrogens with one attached hydrogen (secondary N) is 2. The maximum Gasteiger partial charge on any atom is 0.248 e. The fraction of sp³-hybridized carbons (Fsp3) is 0.529. The van der Waals surface area contributed by atoms with Gasteiger partial charge < -0.3 is 20.1 Å². The first-order valence-electron chi connectivity index (χ1n) is 8.33. The van der Waals surface area contributed by atoms with E-state index in [1.165, 1.54) is 0 Å². The summed E-state index contributed by atoms with van der Waals surface area (Å²) in [6.45, 7) is 4.21. The first-order chi connectivity index (χ1) is 11.7. The minimum absolute atomic E-state index is 0.0981. The van der Waals surface area contributed by atoms with Gasteiger partial charge in [-0.1, -0.05) is 23.5 Å². The zero-order valence-electron chi connectivity index (χ0n) is 13.8. The first-order valence-corrected chi connectivity index (χ1v) is 9.14. The predicted molar refractivity (Wildman–Crippen MR) is 95.5 cm³/mol. The fourth-order valence-corrected chi connectivity index (χ4v) is 3.44. The summed E-state index contributed by atoms with van der Waals surface area (Å²) < 4.78 is 12.2. The van der Waals surface area contributed by atoms with Crippen LogP contribution in [0.15, 0.2) is 24.3 Å². The van der Waals surface area contributed by atoms with Crippen LogP contribution in [0.4, 0.5) is 5.13 Å². The summed E-state index contributed by atoms with van der Waals surface area (Å²) in [5.41, 5.74) is 0.991. The number of aromatic nitrogens is 1. The minimum Gasteiger partial charge on any atom is -0.376 e. The quantitative estimate of drug-likeness (QED) is 0.716. The monoisotopic (exact) mass is 349 g/mol. The van der Waals surface area contributed by atoms with Crippen molar-refractivity contribution >= 4 is 32.6 Å². The molecule has 2 heterocycles. The van der Waals surface area contributed by atoms with Crippen molar-refractivity contribution in [2.24, 2.45) is 0 Å². The van der Waals surface area contributed by atoms with E-state index in [4.69, 9.17) is 9.47 Å². The molecular formula is C17H23N3O3S. The number of carbonyl (C=O) groups is 1. The molecule has 3 rings (SSSR count). The lowest BCUT2D eigenvalue weighted by Crippen LogP contribution is -2.38. The Hall–Kier alpha value is -1.70. The number of amides is 1. The highest BCUT2D eigenvalue weighted by Gasteiger charge is 2.19. The van der Waals surface area contributed by atoms with Crippen LogP contribution in [0.3, 0.4) is 0 Å². The molecule has 0 aliphatic carbocycles. The lowest BCUT2D eigenvalue weighted by atomic mass is 10.2. The van der Waals surface area contributed by atoms with Crippen molar-refractivity contribution in [2.75, 3.05) is 31.6 Å². The van der Waals surface area contributed by atoms with Gasteiger partial charge in [-0.05, 0) is 31.9 Å². The highest BCUT2D eigenvalue weighted by Crippen LogP contribution is 2.24. The van der Waals surface area contributed by atoms with Crippen molar-refractivity contribution in [1.29, 1.82) is 0 Å². The van der Waals surface area contributed by atoms with Gasteiger partial charge in [-0.3, -0.25) is 4.79 Å². The van der Waals surface area contributed by atoms with Gasteiger partial charge in [0.25, 0.3) is 0 Å². The van der Waals surface area contributed by atoms with Gasteiger partial charge >= 0.3 is 0 Å². The number of carbonyl (C=O) groups excluding carboxylic acids is 1. The third-order valence-electron chi connectivity index (χ3n) is 3.92. The molecule has 0 saturated carbocycles. The van der Waals surface area contributed by atoms with Crippen molar-refractivity contribution in [3.05, 3.63) is 24.3 Å². The van der Waals surface area contributed by atoms with Gasteiger partial charge in [-0.25, -0.2) is 4.98 Å². The number of fused-ring (bicyclic) bond motifs is 1. The lowest BCUT2D eigenvalue weighted by molar-refractivity contribution is -0.133. The van der Waals surface area contributed by atoms with E-state index in [1.54, 1.807) is 18.3 Å². The van der Waals surface area contributed by atoms with Crippen LogP contribution in [0.25, 0.3) is 10.2 Å². The van der Waals surface area contributed by atoms with E-state index in [-0.39, 0.29) is 12.0 Å². The highest BCUT2D eigenvalue weighted by molar-refractivity contribution is 7.22. The Bertz CT molecular complexity index is 637. The van der Waals surface area contributed by atoms with E-state index in [9.17, 15) is 4.79 Å². The van der Waals surface area contributed by atoms with Gasteiger partial charge in [-0.15, -0.1) is 0 Å². The number of nitrogens with zero attached hydrogens (tertiary/aromatic N) is 1. The molecule has 0 spiro atoms. The van der Waals surface area contributed by atoms with Crippen molar-refractivity contribution in [2.45, 2.75) is 32.0 Å². The number of benzene rings is 1. The zero-order chi connectivity index (χ0) is 16.8. The number of para-hydroxylation sites is 1. The van der Waals surface area contributed by atoms with Gasteiger partial charge in [0.05, 0.1) is 22.9 Å². The Morgan fingerprint density at radius 2 is 2.33 bits per heavy atom. The summed E-state index contributed by atoms with van der Waals surface area (Å²) >= 11 is 1.61. The van der Waals surface area contributed by atoms with Crippen molar-refractivity contribution < 1.29 is 14.3 Å². The summed E-state index contributed by atoms with van der Waals surface area (Å²) in [7, 11) is 0. The first kappa shape index (κ1) is 17.1. The number of hydrogen-bond donors (Lipinski definition) is 2. The highest BCUT2D eigenvalue weighted by atomic mass is 32.1. The molecule has 1 aliphatic rings. The second kappa shape index (κ2) is 8.41. The van der Waals surface area contributed by atoms with E-state index in [1.807, 2.05) is 24.3 Å². The van der Waals surface area contributed by atoms with Crippen LogP contribution in [0.2, 0.25) is 0 Å². The van der Waals surface area contributed by atoms with Gasteiger partial charge in [-0.2, -0.15) is 0 Å². The number of rotatable bonds is 8. The zero-order valence-corrected chi connectivity index (χ0v) is 14.6. The number of ether oxygens (including phenoxy) is 2. The summed E-state index contributed by atoms with van der Waals surface area (Å²) in [6.07, 6.45) is 1.77. The summed E-state index contributed by atoms with van der Waals surface area (Å²) in [5, 5.41) is 6.98. The SMILES string of the molecule is CC(OCC1CCCO1)C(=O)NCCNc1nc2ccccc2s1. The molecule has 0 radical (unpaired) electrons. The summed E-state index contributed by atoms with van der Waals surface area (Å²) in [5.74, 6) is -0.0981. The van der Waals surface area contributed by atoms with Crippen molar-refractivity contribution in [3.8, 4) is 0 Å². The molecule has 1 saturated heterocycles. The van der Waals surface area contributed by atoms with E-state index < -0.39 is 6.10 Å². The number of hydrogen-bond acceptors (Lipinski definition) is 6. The molecule has 6 nitrogen and oxygen atoms in total. The third-order valence-corrected chi connectivity index (χ3v) is 4.91. The smallest absolute Gasteiger partial charge is 0.248 e. The molecule has 2 aromatic rings. The second-order valence-electron chi connectivity index (χ2n) is 5.82. The Kier molecular flexibility index (Phi) is 6.01. The van der Waals surface area contributed by atoms with Crippen molar-refractivity contribution in [1.82, 2.24) is 10.3 Å². The molecular weight excluding hydrogens is 326 g/mol. The molecule has 2 unspecified atom stereocenters. The van der Waals surface area contributed by atoms with E-state index in [0.29, 0.717) is 19.7 Å². The molecule has 2 atom stereocenters. The largest absolute Gasteiger partial charge is 0.376 e. The van der Waals surface area contributed by atoms with Crippen LogP contribution in [0.5, 0.6) is 0 Å². The molecule has 0 bridgehead atoms.